The highest BCUT2D eigenvalue weighted by molar-refractivity contribution is 7.92. The van der Waals surface area contributed by atoms with E-state index in [9.17, 15) is 8.42 Å². The van der Waals surface area contributed by atoms with E-state index < -0.39 is 10.0 Å². The highest BCUT2D eigenvalue weighted by atomic mass is 35.5. The van der Waals surface area contributed by atoms with E-state index in [1.165, 1.54) is 4.31 Å². The van der Waals surface area contributed by atoms with Crippen molar-refractivity contribution in [2.45, 2.75) is 19.6 Å². The van der Waals surface area contributed by atoms with Crippen LogP contribution in [-0.2, 0) is 15.8 Å². The van der Waals surface area contributed by atoms with Crippen molar-refractivity contribution in [3.63, 3.8) is 0 Å². The number of hydrogen-bond acceptors (Lipinski definition) is 2. The lowest BCUT2D eigenvalue weighted by Crippen LogP contribution is -2.28. The van der Waals surface area contributed by atoms with Crippen molar-refractivity contribution in [2.24, 2.45) is 0 Å². The molecule has 0 N–H and O–H groups in total. The van der Waals surface area contributed by atoms with Gasteiger partial charge in [-0.25, -0.2) is 8.42 Å². The Balaban J connectivity index is 2.33. The molecule has 2 aromatic rings. The minimum atomic E-state index is -3.50. The first-order valence-corrected chi connectivity index (χ1v) is 9.05. The Hall–Kier alpha value is -1.23. The van der Waals surface area contributed by atoms with E-state index in [4.69, 9.17) is 23.2 Å². The second kappa shape index (κ2) is 6.49. The number of nitrogens with zero attached hydrogens (tertiary/aromatic N) is 1. The smallest absolute Gasteiger partial charge is 0.239 e. The van der Waals surface area contributed by atoms with Gasteiger partial charge in [0.15, 0.2) is 0 Å². The molecule has 6 heteroatoms. The van der Waals surface area contributed by atoms with E-state index in [0.29, 0.717) is 21.3 Å². The average molecular weight is 358 g/mol. The zero-order valence-electron chi connectivity index (χ0n) is 12.6. The standard InChI is InChI=1S/C16H17Cl2NO2S/c1-11-4-5-12(2)16(8-11)19(3)22(20,21)10-13-6-7-14(17)15(18)9-13/h4-9H,10H2,1-3H3. The molecule has 2 rings (SSSR count). The molecule has 3 nitrogen and oxygen atoms in total. The molecule has 2 aromatic carbocycles. The first-order chi connectivity index (χ1) is 10.2. The predicted molar refractivity (Wildman–Crippen MR) is 93.4 cm³/mol. The Morgan fingerprint density at radius 2 is 1.68 bits per heavy atom. The fraction of sp³-hybridized carbons (Fsp3) is 0.250. The Morgan fingerprint density at radius 3 is 2.32 bits per heavy atom. The molecule has 0 fully saturated rings. The van der Waals surface area contributed by atoms with Crippen LogP contribution in [0.15, 0.2) is 36.4 Å². The molecular formula is C16H17Cl2NO2S. The zero-order chi connectivity index (χ0) is 16.5. The van der Waals surface area contributed by atoms with Gasteiger partial charge < -0.3 is 0 Å². The molecule has 0 spiro atoms. The van der Waals surface area contributed by atoms with Crippen LogP contribution < -0.4 is 4.31 Å². The van der Waals surface area contributed by atoms with Gasteiger partial charge in [-0.2, -0.15) is 0 Å². The van der Waals surface area contributed by atoms with Crippen molar-refractivity contribution >= 4 is 38.9 Å². The number of anilines is 1. The van der Waals surface area contributed by atoms with Crippen LogP contribution in [0.1, 0.15) is 16.7 Å². The minimum absolute atomic E-state index is 0.131. The van der Waals surface area contributed by atoms with E-state index in [0.717, 1.165) is 11.1 Å². The SMILES string of the molecule is Cc1ccc(C)c(N(C)S(=O)(=O)Cc2ccc(Cl)c(Cl)c2)c1. The quantitative estimate of drug-likeness (QED) is 0.803. The van der Waals surface area contributed by atoms with E-state index in [1.54, 1.807) is 25.2 Å². The third kappa shape index (κ3) is 3.75. The average Bonchev–Trinajstić information content (AvgIpc) is 2.44. The van der Waals surface area contributed by atoms with Crippen molar-refractivity contribution in [3.05, 3.63) is 63.1 Å². The Morgan fingerprint density at radius 1 is 1.00 bits per heavy atom. The van der Waals surface area contributed by atoms with Crippen molar-refractivity contribution in [2.75, 3.05) is 11.4 Å². The van der Waals surface area contributed by atoms with Crippen molar-refractivity contribution in [1.82, 2.24) is 0 Å². The number of aryl methyl sites for hydroxylation is 2. The molecule has 0 heterocycles. The third-order valence-electron chi connectivity index (χ3n) is 3.45. The van der Waals surface area contributed by atoms with Crippen molar-refractivity contribution in [1.29, 1.82) is 0 Å². The summed E-state index contributed by atoms with van der Waals surface area (Å²) in [6, 6.07) is 10.6. The van der Waals surface area contributed by atoms with Gasteiger partial charge in [0, 0.05) is 7.05 Å². The number of sulfonamides is 1. The zero-order valence-corrected chi connectivity index (χ0v) is 14.9. The van der Waals surface area contributed by atoms with Gasteiger partial charge in [-0.3, -0.25) is 4.31 Å². The third-order valence-corrected chi connectivity index (χ3v) is 5.92. The van der Waals surface area contributed by atoms with Gasteiger partial charge in [-0.05, 0) is 48.7 Å². The van der Waals surface area contributed by atoms with Crippen molar-refractivity contribution in [3.8, 4) is 0 Å². The van der Waals surface area contributed by atoms with E-state index >= 15 is 0 Å². The van der Waals surface area contributed by atoms with Gasteiger partial charge in [-0.1, -0.05) is 41.4 Å². The lowest BCUT2D eigenvalue weighted by molar-refractivity contribution is 0.593. The highest BCUT2D eigenvalue weighted by Crippen LogP contribution is 2.27. The molecule has 0 saturated heterocycles. The van der Waals surface area contributed by atoms with E-state index in [2.05, 4.69) is 0 Å². The van der Waals surface area contributed by atoms with Crippen LogP contribution >= 0.6 is 23.2 Å². The fourth-order valence-corrected chi connectivity index (χ4v) is 3.76. The monoisotopic (exact) mass is 357 g/mol. The van der Waals surface area contributed by atoms with Crippen LogP contribution in [0.5, 0.6) is 0 Å². The largest absolute Gasteiger partial charge is 0.273 e. The molecule has 0 bridgehead atoms. The predicted octanol–water partition coefficient (Wildman–Crippen LogP) is 4.58. The van der Waals surface area contributed by atoms with Gasteiger partial charge in [0.25, 0.3) is 0 Å². The normalized spacial score (nSPS) is 11.5. The second-order valence-electron chi connectivity index (χ2n) is 5.26. The fourth-order valence-electron chi connectivity index (χ4n) is 2.15. The molecule has 22 heavy (non-hydrogen) atoms. The molecule has 0 aliphatic heterocycles. The summed E-state index contributed by atoms with van der Waals surface area (Å²) in [7, 11) is -1.94. The molecule has 0 radical (unpaired) electrons. The van der Waals surface area contributed by atoms with Crippen molar-refractivity contribution < 1.29 is 8.42 Å². The van der Waals surface area contributed by atoms with Crippen LogP contribution in [0.2, 0.25) is 10.0 Å². The second-order valence-corrected chi connectivity index (χ2v) is 8.08. The summed E-state index contributed by atoms with van der Waals surface area (Å²) in [6.07, 6.45) is 0. The number of hydrogen-bond donors (Lipinski definition) is 0. The van der Waals surface area contributed by atoms with Crippen LogP contribution in [0.3, 0.4) is 0 Å². The van der Waals surface area contributed by atoms with Gasteiger partial charge >= 0.3 is 0 Å². The van der Waals surface area contributed by atoms with Crippen LogP contribution in [0.25, 0.3) is 0 Å². The van der Waals surface area contributed by atoms with E-state index in [-0.39, 0.29) is 5.75 Å². The molecule has 118 valence electrons. The molecular weight excluding hydrogens is 341 g/mol. The molecule has 0 aliphatic rings. The Kier molecular flexibility index (Phi) is 5.05. The number of benzene rings is 2. The molecule has 0 saturated carbocycles. The number of rotatable bonds is 4. The lowest BCUT2D eigenvalue weighted by Gasteiger charge is -2.22. The first-order valence-electron chi connectivity index (χ1n) is 6.68. The first kappa shape index (κ1) is 17.1. The summed E-state index contributed by atoms with van der Waals surface area (Å²) in [5.41, 5.74) is 3.20. The van der Waals surface area contributed by atoms with Gasteiger partial charge in [0.2, 0.25) is 10.0 Å². The van der Waals surface area contributed by atoms with Crippen LogP contribution in [-0.4, -0.2) is 15.5 Å². The molecule has 0 aromatic heterocycles. The Bertz CT molecular complexity index is 804. The summed E-state index contributed by atoms with van der Waals surface area (Å²) in [5, 5.41) is 0.759. The minimum Gasteiger partial charge on any atom is -0.273 e. The molecule has 0 atom stereocenters. The topological polar surface area (TPSA) is 37.4 Å². The van der Waals surface area contributed by atoms with E-state index in [1.807, 2.05) is 32.0 Å². The maximum atomic E-state index is 12.6. The number of halogens is 2. The van der Waals surface area contributed by atoms with Gasteiger partial charge in [0.05, 0.1) is 21.5 Å². The maximum absolute atomic E-state index is 12.6. The highest BCUT2D eigenvalue weighted by Gasteiger charge is 2.21. The summed E-state index contributed by atoms with van der Waals surface area (Å²) in [5.74, 6) is -0.131. The molecule has 0 amide bonds. The van der Waals surface area contributed by atoms with Crippen LogP contribution in [0, 0.1) is 13.8 Å². The van der Waals surface area contributed by atoms with Gasteiger partial charge in [0.1, 0.15) is 0 Å². The summed E-state index contributed by atoms with van der Waals surface area (Å²) >= 11 is 11.8. The van der Waals surface area contributed by atoms with Gasteiger partial charge in [-0.15, -0.1) is 0 Å². The summed E-state index contributed by atoms with van der Waals surface area (Å²) in [6.45, 7) is 3.82. The Labute approximate surface area is 141 Å². The molecule has 0 aliphatic carbocycles. The maximum Gasteiger partial charge on any atom is 0.239 e. The lowest BCUT2D eigenvalue weighted by atomic mass is 10.1. The molecule has 0 unspecified atom stereocenters. The summed E-state index contributed by atoms with van der Waals surface area (Å²) in [4.78, 5) is 0. The van der Waals surface area contributed by atoms with Crippen LogP contribution in [0.4, 0.5) is 5.69 Å². The summed E-state index contributed by atoms with van der Waals surface area (Å²) < 4.78 is 26.5.